The van der Waals surface area contributed by atoms with Crippen LogP contribution in [0.25, 0.3) is 22.0 Å². The van der Waals surface area contributed by atoms with Crippen LogP contribution in [-0.4, -0.2) is 31.8 Å². The molecule has 0 saturated heterocycles. The number of fused-ring (bicyclic) bond motifs is 1. The summed E-state index contributed by atoms with van der Waals surface area (Å²) in [7, 11) is -3.24. The van der Waals surface area contributed by atoms with Crippen molar-refractivity contribution in [1.82, 2.24) is 4.57 Å². The molecule has 5 nitrogen and oxygen atoms in total. The molecule has 4 aromatic rings. The molecule has 2 aromatic heterocycles. The lowest BCUT2D eigenvalue weighted by Crippen LogP contribution is -2.14. The van der Waals surface area contributed by atoms with E-state index in [9.17, 15) is 13.2 Å². The molecule has 0 amide bonds. The van der Waals surface area contributed by atoms with Gasteiger partial charge in [0, 0.05) is 32.6 Å². The average molecular weight is 486 g/mol. The van der Waals surface area contributed by atoms with Gasteiger partial charge in [0.15, 0.2) is 9.84 Å². The van der Waals surface area contributed by atoms with Crippen molar-refractivity contribution in [3.63, 3.8) is 0 Å². The largest absolute Gasteiger partial charge is 0.465 e. The monoisotopic (exact) mass is 485 g/mol. The maximum Gasteiger partial charge on any atom is 0.325 e. The van der Waals surface area contributed by atoms with Crippen molar-refractivity contribution in [2.45, 2.75) is 35.1 Å². The molecule has 0 atom stereocenters. The molecule has 32 heavy (non-hydrogen) atoms. The van der Waals surface area contributed by atoms with E-state index in [1.807, 2.05) is 29.7 Å². The van der Waals surface area contributed by atoms with Gasteiger partial charge in [0.25, 0.3) is 0 Å². The lowest BCUT2D eigenvalue weighted by Gasteiger charge is -2.08. The number of hydrogen-bond acceptors (Lipinski definition) is 6. The third-order valence-corrected chi connectivity index (χ3v) is 8.22. The Morgan fingerprint density at radius 3 is 2.47 bits per heavy atom. The van der Waals surface area contributed by atoms with Gasteiger partial charge in [0.05, 0.1) is 11.5 Å². The quantitative estimate of drug-likeness (QED) is 0.310. The van der Waals surface area contributed by atoms with Crippen LogP contribution in [-0.2, 0) is 25.9 Å². The van der Waals surface area contributed by atoms with Crippen LogP contribution < -0.4 is 0 Å². The van der Waals surface area contributed by atoms with Crippen LogP contribution in [0.1, 0.15) is 12.6 Å². The van der Waals surface area contributed by atoms with Gasteiger partial charge in [-0.15, -0.1) is 0 Å². The van der Waals surface area contributed by atoms with E-state index in [0.29, 0.717) is 11.5 Å². The third kappa shape index (κ3) is 4.62. The zero-order valence-corrected chi connectivity index (χ0v) is 20.4. The van der Waals surface area contributed by atoms with Crippen LogP contribution in [0.15, 0.2) is 74.0 Å². The standard InChI is InChI=1S/C24H23NO4S3/c1-4-29-23(26)14-25-16(2)24(31-19-6-8-20(9-7-19)32(3,27)28)21-13-17(5-10-22(21)25)18-11-12-30-15-18/h5-13,15H,4,14H2,1-3H3. The molecule has 4 rings (SSSR count). The minimum atomic E-state index is -3.24. The second-order valence-corrected chi connectivity index (χ2v) is 11.3. The topological polar surface area (TPSA) is 65.4 Å². The van der Waals surface area contributed by atoms with E-state index in [4.69, 9.17) is 4.74 Å². The lowest BCUT2D eigenvalue weighted by molar-refractivity contribution is -0.143. The SMILES string of the molecule is CCOC(=O)Cn1c(C)c(Sc2ccc(S(C)(=O)=O)cc2)c2cc(-c3ccsc3)ccc21. The zero-order chi connectivity index (χ0) is 22.9. The van der Waals surface area contributed by atoms with Gasteiger partial charge >= 0.3 is 5.97 Å². The van der Waals surface area contributed by atoms with Crippen LogP contribution in [0.3, 0.4) is 0 Å². The van der Waals surface area contributed by atoms with Crippen molar-refractivity contribution >= 4 is 49.8 Å². The van der Waals surface area contributed by atoms with E-state index in [1.165, 1.54) is 6.26 Å². The van der Waals surface area contributed by atoms with Crippen LogP contribution in [0, 0.1) is 6.92 Å². The summed E-state index contributed by atoms with van der Waals surface area (Å²) in [6.45, 7) is 4.28. The van der Waals surface area contributed by atoms with Crippen molar-refractivity contribution in [2.75, 3.05) is 12.9 Å². The highest BCUT2D eigenvalue weighted by atomic mass is 32.2. The first-order chi connectivity index (χ1) is 15.3. The molecular weight excluding hydrogens is 462 g/mol. The molecule has 166 valence electrons. The molecule has 0 bridgehead atoms. The van der Waals surface area contributed by atoms with Gasteiger partial charge in [0.1, 0.15) is 6.54 Å². The molecule has 0 fully saturated rings. The Morgan fingerprint density at radius 2 is 1.84 bits per heavy atom. The van der Waals surface area contributed by atoms with Gasteiger partial charge in [-0.2, -0.15) is 11.3 Å². The number of esters is 1. The Morgan fingerprint density at radius 1 is 1.09 bits per heavy atom. The van der Waals surface area contributed by atoms with Crippen molar-refractivity contribution in [3.8, 4) is 11.1 Å². The molecule has 0 radical (unpaired) electrons. The highest BCUT2D eigenvalue weighted by molar-refractivity contribution is 7.99. The average Bonchev–Trinajstić information content (AvgIpc) is 3.37. The van der Waals surface area contributed by atoms with E-state index in [2.05, 4.69) is 29.0 Å². The number of nitrogens with zero attached hydrogens (tertiary/aromatic N) is 1. The van der Waals surface area contributed by atoms with Gasteiger partial charge in [-0.25, -0.2) is 8.42 Å². The first kappa shape index (κ1) is 22.6. The number of carbonyl (C=O) groups is 1. The first-order valence-electron chi connectivity index (χ1n) is 10.1. The maximum atomic E-state index is 12.3. The summed E-state index contributed by atoms with van der Waals surface area (Å²) in [6.07, 6.45) is 1.20. The summed E-state index contributed by atoms with van der Waals surface area (Å²) in [5, 5.41) is 5.21. The second kappa shape index (κ2) is 9.13. The normalized spacial score (nSPS) is 11.7. The summed E-state index contributed by atoms with van der Waals surface area (Å²) in [4.78, 5) is 14.5. The third-order valence-electron chi connectivity index (χ3n) is 5.18. The summed E-state index contributed by atoms with van der Waals surface area (Å²) in [5.74, 6) is -0.275. The molecule has 2 aromatic carbocycles. The van der Waals surface area contributed by atoms with Crippen molar-refractivity contribution in [1.29, 1.82) is 0 Å². The molecule has 0 aliphatic heterocycles. The maximum absolute atomic E-state index is 12.3. The van der Waals surface area contributed by atoms with E-state index in [0.717, 1.165) is 37.5 Å². The minimum absolute atomic E-state index is 0.140. The van der Waals surface area contributed by atoms with Gasteiger partial charge < -0.3 is 9.30 Å². The van der Waals surface area contributed by atoms with Gasteiger partial charge in [0.2, 0.25) is 0 Å². The number of sulfone groups is 1. The first-order valence-corrected chi connectivity index (χ1v) is 13.7. The van der Waals surface area contributed by atoms with E-state index in [1.54, 1.807) is 42.2 Å². The fourth-order valence-electron chi connectivity index (χ4n) is 3.60. The fourth-order valence-corrected chi connectivity index (χ4v) is 5.94. The van der Waals surface area contributed by atoms with Crippen molar-refractivity contribution in [2.24, 2.45) is 0 Å². The van der Waals surface area contributed by atoms with Gasteiger partial charge in [-0.1, -0.05) is 17.8 Å². The smallest absolute Gasteiger partial charge is 0.325 e. The van der Waals surface area contributed by atoms with E-state index >= 15 is 0 Å². The highest BCUT2D eigenvalue weighted by Gasteiger charge is 2.19. The molecule has 0 spiro atoms. The fraction of sp³-hybridized carbons (Fsp3) is 0.208. The van der Waals surface area contributed by atoms with Gasteiger partial charge in [-0.3, -0.25) is 4.79 Å². The van der Waals surface area contributed by atoms with Crippen molar-refractivity contribution < 1.29 is 17.9 Å². The molecule has 2 heterocycles. The number of benzene rings is 2. The van der Waals surface area contributed by atoms with Gasteiger partial charge in [-0.05, 0) is 78.2 Å². The Bertz CT molecular complexity index is 1370. The summed E-state index contributed by atoms with van der Waals surface area (Å²) >= 11 is 3.22. The number of hydrogen-bond donors (Lipinski definition) is 0. The Hall–Kier alpha value is -2.55. The van der Waals surface area contributed by atoms with Crippen LogP contribution in [0.4, 0.5) is 0 Å². The Balaban J connectivity index is 1.80. The Kier molecular flexibility index (Phi) is 6.46. The highest BCUT2D eigenvalue weighted by Crippen LogP contribution is 2.40. The molecule has 0 unspecified atom stereocenters. The zero-order valence-electron chi connectivity index (χ0n) is 18.0. The van der Waals surface area contributed by atoms with Crippen LogP contribution >= 0.6 is 23.1 Å². The predicted molar refractivity (Wildman–Crippen MR) is 130 cm³/mol. The molecule has 0 aliphatic rings. The second-order valence-electron chi connectivity index (χ2n) is 7.40. The summed E-state index contributed by atoms with van der Waals surface area (Å²) in [5.41, 5.74) is 4.19. The number of ether oxygens (including phenoxy) is 1. The number of aromatic nitrogens is 1. The molecule has 0 saturated carbocycles. The molecule has 8 heteroatoms. The number of thiophene rings is 1. The predicted octanol–water partition coefficient (Wildman–Crippen LogP) is 5.80. The number of carbonyl (C=O) groups excluding carboxylic acids is 1. The van der Waals surface area contributed by atoms with Crippen LogP contribution in [0.2, 0.25) is 0 Å². The van der Waals surface area contributed by atoms with Crippen LogP contribution in [0.5, 0.6) is 0 Å². The van der Waals surface area contributed by atoms with Crippen molar-refractivity contribution in [3.05, 3.63) is 65.0 Å². The van der Waals surface area contributed by atoms with E-state index < -0.39 is 9.84 Å². The van der Waals surface area contributed by atoms with E-state index in [-0.39, 0.29) is 12.5 Å². The summed E-state index contributed by atoms with van der Waals surface area (Å²) < 4.78 is 30.7. The summed E-state index contributed by atoms with van der Waals surface area (Å²) in [6, 6.07) is 15.2. The Labute approximate surface area is 195 Å². The molecule has 0 N–H and O–H groups in total. The number of rotatable bonds is 7. The molecular formula is C24H23NO4S3. The lowest BCUT2D eigenvalue weighted by atomic mass is 10.1. The minimum Gasteiger partial charge on any atom is -0.465 e. The molecule has 0 aliphatic carbocycles.